The van der Waals surface area contributed by atoms with Crippen LogP contribution in [0.4, 0.5) is 0 Å². The first-order chi connectivity index (χ1) is 10.0. The highest BCUT2D eigenvalue weighted by atomic mass is 35.5. The highest BCUT2D eigenvalue weighted by molar-refractivity contribution is 6.42. The molecular weight excluding hydrogens is 307 g/mol. The second-order valence-corrected chi connectivity index (χ2v) is 5.71. The Hall–Kier alpha value is -1.51. The molecule has 2 nitrogen and oxygen atoms in total. The van der Waals surface area contributed by atoms with E-state index < -0.39 is 5.97 Å². The van der Waals surface area contributed by atoms with Gasteiger partial charge in [-0.1, -0.05) is 49.2 Å². The number of ether oxygens (including phenoxy) is 1. The zero-order chi connectivity index (χ0) is 15.4. The van der Waals surface area contributed by atoms with E-state index in [4.69, 9.17) is 27.9 Å². The van der Waals surface area contributed by atoms with Gasteiger partial charge in [0.1, 0.15) is 5.75 Å². The molecule has 2 rings (SSSR count). The molecule has 0 amide bonds. The monoisotopic (exact) mass is 322 g/mol. The molecule has 0 spiro atoms. The second-order valence-electron chi connectivity index (χ2n) is 4.90. The summed E-state index contributed by atoms with van der Waals surface area (Å²) >= 11 is 11.7. The summed E-state index contributed by atoms with van der Waals surface area (Å²) in [4.78, 5) is 12.0. The lowest BCUT2D eigenvalue weighted by atomic mass is 9.99. The van der Waals surface area contributed by atoms with Crippen LogP contribution in [-0.4, -0.2) is 5.97 Å². The zero-order valence-corrected chi connectivity index (χ0v) is 13.4. The van der Waals surface area contributed by atoms with E-state index in [1.807, 2.05) is 12.1 Å². The van der Waals surface area contributed by atoms with Crippen molar-refractivity contribution in [2.24, 2.45) is 0 Å². The minimum Gasteiger partial charge on any atom is -0.423 e. The number of carbonyl (C=O) groups is 1. The van der Waals surface area contributed by atoms with Crippen molar-refractivity contribution >= 4 is 29.2 Å². The van der Waals surface area contributed by atoms with Crippen LogP contribution < -0.4 is 4.74 Å². The number of halogens is 2. The number of rotatable bonds is 4. The van der Waals surface area contributed by atoms with Crippen molar-refractivity contribution in [2.45, 2.75) is 26.2 Å². The van der Waals surface area contributed by atoms with Gasteiger partial charge in [0.25, 0.3) is 0 Å². The molecule has 0 aliphatic carbocycles. The molecule has 0 fully saturated rings. The van der Waals surface area contributed by atoms with Gasteiger partial charge in [-0.15, -0.1) is 0 Å². The molecule has 0 aromatic heterocycles. The van der Waals surface area contributed by atoms with E-state index in [1.54, 1.807) is 24.3 Å². The Bertz CT molecular complexity index is 636. The highest BCUT2D eigenvalue weighted by Gasteiger charge is 2.11. The summed E-state index contributed by atoms with van der Waals surface area (Å²) in [6.07, 6.45) is 1.07. The lowest BCUT2D eigenvalue weighted by molar-refractivity contribution is 0.0734. The minimum atomic E-state index is -0.454. The molecule has 110 valence electrons. The van der Waals surface area contributed by atoms with Gasteiger partial charge in [0.2, 0.25) is 0 Å². The highest BCUT2D eigenvalue weighted by Crippen LogP contribution is 2.24. The number of esters is 1. The quantitative estimate of drug-likeness (QED) is 0.531. The smallest absolute Gasteiger partial charge is 0.343 e. The van der Waals surface area contributed by atoms with Gasteiger partial charge in [-0.2, -0.15) is 0 Å². The van der Waals surface area contributed by atoms with E-state index in [1.165, 1.54) is 11.6 Å². The van der Waals surface area contributed by atoms with Gasteiger partial charge < -0.3 is 4.74 Å². The maximum absolute atomic E-state index is 12.0. The van der Waals surface area contributed by atoms with Crippen LogP contribution in [-0.2, 0) is 0 Å². The van der Waals surface area contributed by atoms with Crippen molar-refractivity contribution in [3.63, 3.8) is 0 Å². The van der Waals surface area contributed by atoms with Gasteiger partial charge in [0, 0.05) is 0 Å². The SMILES string of the molecule is CCC(C)c1ccc(OC(=O)c2ccc(Cl)c(Cl)c2)cc1. The van der Waals surface area contributed by atoms with Crippen molar-refractivity contribution in [3.8, 4) is 5.75 Å². The number of hydrogen-bond acceptors (Lipinski definition) is 2. The molecule has 4 heteroatoms. The number of benzene rings is 2. The van der Waals surface area contributed by atoms with Crippen LogP contribution in [0.25, 0.3) is 0 Å². The molecule has 0 bridgehead atoms. The molecule has 0 saturated heterocycles. The first-order valence-electron chi connectivity index (χ1n) is 6.78. The van der Waals surface area contributed by atoms with Crippen LogP contribution in [0.2, 0.25) is 10.0 Å². The van der Waals surface area contributed by atoms with Crippen molar-refractivity contribution in [3.05, 3.63) is 63.6 Å². The number of hydrogen-bond donors (Lipinski definition) is 0. The molecule has 2 aromatic carbocycles. The van der Waals surface area contributed by atoms with Crippen LogP contribution in [0.15, 0.2) is 42.5 Å². The molecular formula is C17H16Cl2O2. The van der Waals surface area contributed by atoms with Crippen molar-refractivity contribution in [1.82, 2.24) is 0 Å². The Balaban J connectivity index is 2.10. The fraction of sp³-hybridized carbons (Fsp3) is 0.235. The van der Waals surface area contributed by atoms with Gasteiger partial charge in [-0.05, 0) is 48.2 Å². The lowest BCUT2D eigenvalue weighted by Crippen LogP contribution is -2.08. The molecule has 2 aromatic rings. The van der Waals surface area contributed by atoms with Gasteiger partial charge in [-0.25, -0.2) is 4.79 Å². The summed E-state index contributed by atoms with van der Waals surface area (Å²) in [5.41, 5.74) is 1.60. The summed E-state index contributed by atoms with van der Waals surface area (Å²) in [6.45, 7) is 4.31. The predicted octanol–water partition coefficient (Wildman–Crippen LogP) is 5.73. The average Bonchev–Trinajstić information content (AvgIpc) is 2.50. The molecule has 0 aliphatic rings. The fourth-order valence-corrected chi connectivity index (χ4v) is 2.19. The van der Waals surface area contributed by atoms with E-state index in [0.717, 1.165) is 6.42 Å². The summed E-state index contributed by atoms with van der Waals surface area (Å²) in [5, 5.41) is 0.740. The van der Waals surface area contributed by atoms with Gasteiger partial charge in [-0.3, -0.25) is 0 Å². The summed E-state index contributed by atoms with van der Waals surface area (Å²) in [5.74, 6) is 0.549. The Morgan fingerprint density at radius 3 is 2.33 bits per heavy atom. The molecule has 0 aliphatic heterocycles. The average molecular weight is 323 g/mol. The lowest BCUT2D eigenvalue weighted by Gasteiger charge is -2.10. The molecule has 0 N–H and O–H groups in total. The van der Waals surface area contributed by atoms with E-state index in [9.17, 15) is 4.79 Å². The van der Waals surface area contributed by atoms with Crippen molar-refractivity contribution in [1.29, 1.82) is 0 Å². The summed E-state index contributed by atoms with van der Waals surface area (Å²) in [7, 11) is 0. The predicted molar refractivity (Wildman–Crippen MR) is 86.6 cm³/mol. The van der Waals surface area contributed by atoms with Crippen LogP contribution in [0.1, 0.15) is 42.1 Å². The fourth-order valence-electron chi connectivity index (χ4n) is 1.89. The van der Waals surface area contributed by atoms with Crippen molar-refractivity contribution < 1.29 is 9.53 Å². The van der Waals surface area contributed by atoms with Crippen LogP contribution in [0, 0.1) is 0 Å². The largest absolute Gasteiger partial charge is 0.423 e. The molecule has 1 unspecified atom stereocenters. The number of carbonyl (C=O) groups excluding carboxylic acids is 1. The topological polar surface area (TPSA) is 26.3 Å². The van der Waals surface area contributed by atoms with Crippen molar-refractivity contribution in [2.75, 3.05) is 0 Å². The first kappa shape index (κ1) is 15.9. The van der Waals surface area contributed by atoms with Crippen LogP contribution in [0.3, 0.4) is 0 Å². The van der Waals surface area contributed by atoms with E-state index >= 15 is 0 Å². The maximum atomic E-state index is 12.0. The van der Waals surface area contributed by atoms with E-state index in [-0.39, 0.29) is 0 Å². The Kier molecular flexibility index (Phi) is 5.27. The molecule has 0 heterocycles. The molecule has 21 heavy (non-hydrogen) atoms. The third-order valence-electron chi connectivity index (χ3n) is 3.43. The Morgan fingerprint density at radius 1 is 1.10 bits per heavy atom. The Morgan fingerprint density at radius 2 is 1.76 bits per heavy atom. The molecule has 0 radical (unpaired) electrons. The maximum Gasteiger partial charge on any atom is 0.343 e. The zero-order valence-electron chi connectivity index (χ0n) is 11.9. The first-order valence-corrected chi connectivity index (χ1v) is 7.54. The van der Waals surface area contributed by atoms with Gasteiger partial charge in [0.05, 0.1) is 15.6 Å². The van der Waals surface area contributed by atoms with Crippen LogP contribution >= 0.6 is 23.2 Å². The van der Waals surface area contributed by atoms with Gasteiger partial charge in [0.15, 0.2) is 0 Å². The Labute approximate surface area is 134 Å². The normalized spacial score (nSPS) is 12.0. The standard InChI is InChI=1S/C17H16Cl2O2/c1-3-11(2)12-4-7-14(8-5-12)21-17(20)13-6-9-15(18)16(19)10-13/h4-11H,3H2,1-2H3. The third-order valence-corrected chi connectivity index (χ3v) is 4.17. The van der Waals surface area contributed by atoms with E-state index in [2.05, 4.69) is 13.8 Å². The minimum absolute atomic E-state index is 0.332. The van der Waals surface area contributed by atoms with Crippen LogP contribution in [0.5, 0.6) is 5.75 Å². The summed E-state index contributed by atoms with van der Waals surface area (Å²) in [6, 6.07) is 12.2. The second kappa shape index (κ2) is 6.97. The molecule has 1 atom stereocenters. The van der Waals surface area contributed by atoms with Gasteiger partial charge >= 0.3 is 5.97 Å². The van der Waals surface area contributed by atoms with E-state index in [0.29, 0.717) is 27.3 Å². The molecule has 0 saturated carbocycles. The summed E-state index contributed by atoms with van der Waals surface area (Å²) < 4.78 is 5.32. The third kappa shape index (κ3) is 3.99.